The summed E-state index contributed by atoms with van der Waals surface area (Å²) in [5.74, 6) is 7.28. The second kappa shape index (κ2) is 15.1. The highest BCUT2D eigenvalue weighted by Gasteiger charge is 2.42. The fraction of sp³-hybridized carbons (Fsp3) is 0.333. The van der Waals surface area contributed by atoms with Gasteiger partial charge in [0.15, 0.2) is 5.65 Å². The van der Waals surface area contributed by atoms with Crippen molar-refractivity contribution in [1.29, 1.82) is 0 Å². The molecule has 7 heterocycles. The third-order valence-electron chi connectivity index (χ3n) is 11.0. The fourth-order valence-electron chi connectivity index (χ4n) is 8.13. The third kappa shape index (κ3) is 7.13. The van der Waals surface area contributed by atoms with Crippen molar-refractivity contribution in [3.05, 3.63) is 108 Å². The average molecular weight is 754 g/mol. The van der Waals surface area contributed by atoms with Crippen molar-refractivity contribution < 1.29 is 23.5 Å². The molecule has 3 atom stereocenters. The van der Waals surface area contributed by atoms with Crippen LogP contribution < -0.4 is 15.1 Å². The molecule has 14 heteroatoms. The van der Waals surface area contributed by atoms with Gasteiger partial charge in [0.2, 0.25) is 11.8 Å². The smallest absolute Gasteiger partial charge is 0.411 e. The molecule has 4 aliphatic heterocycles. The van der Waals surface area contributed by atoms with Gasteiger partial charge < -0.3 is 14.5 Å². The number of cyclic esters (lactones) is 1. The van der Waals surface area contributed by atoms with Crippen molar-refractivity contribution in [3.8, 4) is 23.2 Å². The maximum absolute atomic E-state index is 14.1. The zero-order valence-electron chi connectivity index (χ0n) is 30.7. The number of piperazine rings is 1. The molecule has 3 aromatic heterocycles. The normalized spacial score (nSPS) is 21.6. The first kappa shape index (κ1) is 35.4. The van der Waals surface area contributed by atoms with E-state index in [1.807, 2.05) is 71.4 Å². The van der Waals surface area contributed by atoms with Gasteiger partial charge in [-0.05, 0) is 78.9 Å². The number of fused-ring (bicyclic) bond motifs is 1. The number of anilines is 2. The zero-order valence-corrected chi connectivity index (χ0v) is 30.7. The number of hydrogen-bond acceptors (Lipinski definition) is 10. The first-order chi connectivity index (χ1) is 27.4. The number of pyridine rings is 1. The van der Waals surface area contributed by atoms with Crippen LogP contribution in [0.15, 0.2) is 85.1 Å². The molecular weight excluding hydrogens is 714 g/mol. The van der Waals surface area contributed by atoms with Crippen LogP contribution in [0.25, 0.3) is 17.0 Å². The van der Waals surface area contributed by atoms with Crippen molar-refractivity contribution in [3.63, 3.8) is 0 Å². The van der Waals surface area contributed by atoms with Gasteiger partial charge in [-0.3, -0.25) is 24.7 Å². The first-order valence-corrected chi connectivity index (χ1v) is 19.1. The Morgan fingerprint density at radius 3 is 2.54 bits per heavy atom. The van der Waals surface area contributed by atoms with Gasteiger partial charge in [0.1, 0.15) is 35.3 Å². The lowest BCUT2D eigenvalue weighted by Crippen LogP contribution is -2.52. The molecule has 4 fully saturated rings. The highest BCUT2D eigenvalue weighted by atomic mass is 19.1. The molecular formula is C42H40FN9O4. The lowest BCUT2D eigenvalue weighted by atomic mass is 10.0. The lowest BCUT2D eigenvalue weighted by Gasteiger charge is -2.34. The Kier molecular flexibility index (Phi) is 9.52. The molecule has 0 bridgehead atoms. The number of carbonyl (C=O) groups is 3. The summed E-state index contributed by atoms with van der Waals surface area (Å²) in [6, 6.07) is 23.8. The number of nitrogens with one attached hydrogen (secondary N) is 1. The largest absolute Gasteiger partial charge is 0.439 e. The molecule has 0 spiro atoms. The number of imidazole rings is 1. The first-order valence-electron chi connectivity index (χ1n) is 19.1. The fourth-order valence-corrected chi connectivity index (χ4v) is 8.13. The number of nitrogens with zero attached hydrogens (tertiary/aromatic N) is 8. The number of aromatic nitrogens is 4. The Labute approximate surface area is 323 Å². The van der Waals surface area contributed by atoms with E-state index < -0.39 is 24.1 Å². The van der Waals surface area contributed by atoms with Crippen LogP contribution in [0.5, 0.6) is 0 Å². The highest BCUT2D eigenvalue weighted by molar-refractivity contribution is 6.01. The molecule has 0 radical (unpaired) electrons. The summed E-state index contributed by atoms with van der Waals surface area (Å²) in [5, 5.41) is 7.33. The van der Waals surface area contributed by atoms with Crippen LogP contribution in [0.4, 0.5) is 20.8 Å². The number of carbonyl (C=O) groups excluding carboxylic acids is 3. The molecule has 0 saturated carbocycles. The minimum absolute atomic E-state index is 0.0617. The summed E-state index contributed by atoms with van der Waals surface area (Å²) < 4.78 is 21.6. The van der Waals surface area contributed by atoms with Crippen LogP contribution in [0, 0.1) is 17.7 Å². The van der Waals surface area contributed by atoms with Gasteiger partial charge in [-0.2, -0.15) is 0 Å². The minimum atomic E-state index is -0.708. The molecule has 3 amide bonds. The standard InChI is InChI=1S/C42H40FN9O4/c43-31-10-2-8-29(25-31)33-12-5-19-50(33)39-16-15-37-44-26-35(52(37)47-39)32-11-3-13-38(45-32)49-22-20-48(21-23-49)18-4-7-28-6-1-9-30(24-28)36-27-51(42(55)56-36)34-14-17-40(53)46-41(34)54/h1-3,6,8-11,13,15-16,24-26,33-34,36H,5,12,14,17-23,27H2,(H,46,53,54). The summed E-state index contributed by atoms with van der Waals surface area (Å²) in [6.45, 7) is 4.96. The van der Waals surface area contributed by atoms with E-state index in [4.69, 9.17) is 14.8 Å². The number of imide groups is 1. The molecule has 13 nitrogen and oxygen atoms in total. The summed E-state index contributed by atoms with van der Waals surface area (Å²) in [4.78, 5) is 54.5. The third-order valence-corrected chi connectivity index (χ3v) is 11.0. The van der Waals surface area contributed by atoms with Crippen LogP contribution in [-0.4, -0.2) is 99.1 Å². The Balaban J connectivity index is 0.821. The maximum Gasteiger partial charge on any atom is 0.411 e. The number of rotatable bonds is 7. The Morgan fingerprint density at radius 1 is 0.839 bits per heavy atom. The van der Waals surface area contributed by atoms with E-state index in [9.17, 15) is 18.8 Å². The molecule has 3 unspecified atom stereocenters. The summed E-state index contributed by atoms with van der Waals surface area (Å²) >= 11 is 0. The highest BCUT2D eigenvalue weighted by Crippen LogP contribution is 2.36. The van der Waals surface area contributed by atoms with Gasteiger partial charge in [0.05, 0.1) is 31.0 Å². The quantitative estimate of drug-likeness (QED) is 0.184. The minimum Gasteiger partial charge on any atom is -0.439 e. The SMILES string of the molecule is O=C1CCC(N2CC(c3cccc(C#CCN4CCN(c5cccc(-c6cnc7ccc(N8CCCC8c8cccc(F)c8)nn67)n5)CC4)c3)OC2=O)C(=O)N1. The van der Waals surface area contributed by atoms with Crippen molar-refractivity contribution in [1.82, 2.24) is 34.7 Å². The molecule has 4 saturated heterocycles. The summed E-state index contributed by atoms with van der Waals surface area (Å²) in [7, 11) is 0. The molecule has 2 aromatic carbocycles. The van der Waals surface area contributed by atoms with E-state index in [2.05, 4.69) is 36.8 Å². The van der Waals surface area contributed by atoms with Crippen molar-refractivity contribution >= 4 is 35.2 Å². The average Bonchev–Trinajstić information content (AvgIpc) is 3.97. The van der Waals surface area contributed by atoms with Gasteiger partial charge in [-0.15, -0.1) is 5.10 Å². The molecule has 56 heavy (non-hydrogen) atoms. The topological polar surface area (TPSA) is 129 Å². The zero-order chi connectivity index (χ0) is 38.2. The summed E-state index contributed by atoms with van der Waals surface area (Å²) in [5.41, 5.74) is 4.91. The molecule has 284 valence electrons. The van der Waals surface area contributed by atoms with Crippen LogP contribution in [-0.2, 0) is 14.3 Å². The van der Waals surface area contributed by atoms with Gasteiger partial charge in [-0.1, -0.05) is 42.2 Å². The van der Waals surface area contributed by atoms with E-state index >= 15 is 0 Å². The lowest BCUT2D eigenvalue weighted by molar-refractivity contribution is -0.136. The van der Waals surface area contributed by atoms with Crippen molar-refractivity contribution in [2.24, 2.45) is 0 Å². The van der Waals surface area contributed by atoms with Gasteiger partial charge >= 0.3 is 6.09 Å². The van der Waals surface area contributed by atoms with Gasteiger partial charge in [0.25, 0.3) is 0 Å². The predicted molar refractivity (Wildman–Crippen MR) is 206 cm³/mol. The van der Waals surface area contributed by atoms with Gasteiger partial charge in [-0.25, -0.2) is 23.7 Å². The van der Waals surface area contributed by atoms with E-state index in [0.29, 0.717) is 6.54 Å². The second-order valence-corrected chi connectivity index (χ2v) is 14.6. The number of hydrogen-bond donors (Lipinski definition) is 1. The number of benzene rings is 2. The number of halogens is 1. The number of piperidine rings is 1. The van der Waals surface area contributed by atoms with E-state index in [-0.39, 0.29) is 37.2 Å². The molecule has 9 rings (SSSR count). The van der Waals surface area contributed by atoms with Crippen LogP contribution in [0.2, 0.25) is 0 Å². The molecule has 4 aliphatic rings. The Morgan fingerprint density at radius 2 is 1.68 bits per heavy atom. The van der Waals surface area contributed by atoms with E-state index in [1.54, 1.807) is 12.1 Å². The van der Waals surface area contributed by atoms with Gasteiger partial charge in [0, 0.05) is 44.7 Å². The van der Waals surface area contributed by atoms with Crippen LogP contribution in [0.3, 0.4) is 0 Å². The van der Waals surface area contributed by atoms with E-state index in [0.717, 1.165) is 90.9 Å². The number of ether oxygens (including phenoxy) is 1. The monoisotopic (exact) mass is 753 g/mol. The van der Waals surface area contributed by atoms with Crippen LogP contribution in [0.1, 0.15) is 54.5 Å². The van der Waals surface area contributed by atoms with Crippen molar-refractivity contribution in [2.75, 3.05) is 55.6 Å². The van der Waals surface area contributed by atoms with E-state index in [1.165, 1.54) is 11.0 Å². The second-order valence-electron chi connectivity index (χ2n) is 14.6. The summed E-state index contributed by atoms with van der Waals surface area (Å²) in [6.07, 6.45) is 3.16. The maximum atomic E-state index is 14.1. The Hall–Kier alpha value is -6.33. The predicted octanol–water partition coefficient (Wildman–Crippen LogP) is 4.74. The Bertz CT molecular complexity index is 2380. The molecule has 5 aromatic rings. The molecule has 0 aliphatic carbocycles. The molecule has 1 N–H and O–H groups in total. The van der Waals surface area contributed by atoms with Crippen molar-refractivity contribution in [2.45, 2.75) is 43.9 Å². The number of amides is 3. The van der Waals surface area contributed by atoms with Crippen LogP contribution >= 0.6 is 0 Å².